The lowest BCUT2D eigenvalue weighted by atomic mass is 9.93. The molecule has 0 amide bonds. The van der Waals surface area contributed by atoms with E-state index in [1.54, 1.807) is 0 Å². The maximum absolute atomic E-state index is 13.6. The van der Waals surface area contributed by atoms with Crippen molar-refractivity contribution in [2.24, 2.45) is 5.92 Å². The third-order valence-corrected chi connectivity index (χ3v) is 4.81. The molecule has 4 nitrogen and oxygen atoms in total. The first-order valence-corrected chi connectivity index (χ1v) is 8.90. The number of benzene rings is 2. The van der Waals surface area contributed by atoms with Gasteiger partial charge in [-0.25, -0.2) is 8.78 Å². The van der Waals surface area contributed by atoms with E-state index in [2.05, 4.69) is 5.32 Å². The van der Waals surface area contributed by atoms with E-state index in [0.29, 0.717) is 30.2 Å². The monoisotopic (exact) mass is 371 g/mol. The molecule has 4 N–H and O–H groups in total. The highest BCUT2D eigenvalue weighted by Gasteiger charge is 2.19. The Morgan fingerprint density at radius 1 is 1.15 bits per heavy atom. The molecule has 0 aliphatic carbocycles. The van der Waals surface area contributed by atoms with E-state index in [1.807, 2.05) is 25.1 Å². The minimum absolute atomic E-state index is 0.218. The Labute approximate surface area is 157 Å². The highest BCUT2D eigenvalue weighted by atomic mass is 19.2. The van der Waals surface area contributed by atoms with Crippen molar-refractivity contribution >= 4 is 23.7 Å². The van der Waals surface area contributed by atoms with Gasteiger partial charge in [0.25, 0.3) is 0 Å². The predicted molar refractivity (Wildman–Crippen MR) is 105 cm³/mol. The lowest BCUT2D eigenvalue weighted by Crippen LogP contribution is -2.21. The van der Waals surface area contributed by atoms with E-state index in [1.165, 1.54) is 12.3 Å². The number of nitrogen functional groups attached to an aromatic ring is 1. The van der Waals surface area contributed by atoms with Crippen molar-refractivity contribution in [1.29, 1.82) is 5.41 Å². The van der Waals surface area contributed by atoms with Crippen LogP contribution in [0.15, 0.2) is 36.0 Å². The molecule has 142 valence electrons. The van der Waals surface area contributed by atoms with Crippen LogP contribution in [-0.2, 0) is 4.74 Å². The average molecular weight is 371 g/mol. The van der Waals surface area contributed by atoms with Gasteiger partial charge in [0.1, 0.15) is 0 Å². The van der Waals surface area contributed by atoms with Crippen LogP contribution in [0.25, 0.3) is 6.08 Å². The number of hydrogen-bond donors (Lipinski definition) is 3. The Hall–Kier alpha value is -2.73. The topological polar surface area (TPSA) is 71.1 Å². The third-order valence-electron chi connectivity index (χ3n) is 4.81. The summed E-state index contributed by atoms with van der Waals surface area (Å²) in [6, 6.07) is 7.49. The van der Waals surface area contributed by atoms with Gasteiger partial charge in [0.05, 0.1) is 0 Å². The molecule has 2 aromatic carbocycles. The van der Waals surface area contributed by atoms with Crippen LogP contribution in [0.1, 0.15) is 29.5 Å². The van der Waals surface area contributed by atoms with E-state index in [4.69, 9.17) is 15.9 Å². The van der Waals surface area contributed by atoms with E-state index >= 15 is 0 Å². The van der Waals surface area contributed by atoms with Crippen LogP contribution in [0.4, 0.5) is 20.2 Å². The number of allylic oxidation sites excluding steroid dienone is 1. The Morgan fingerprint density at radius 2 is 1.89 bits per heavy atom. The molecule has 3 rings (SSSR count). The minimum Gasteiger partial charge on any atom is -0.398 e. The average Bonchev–Trinajstić information content (AvgIpc) is 2.67. The number of anilines is 2. The van der Waals surface area contributed by atoms with Crippen LogP contribution >= 0.6 is 0 Å². The zero-order chi connectivity index (χ0) is 19.4. The number of nitrogens with one attached hydrogen (secondary N) is 2. The highest BCUT2D eigenvalue weighted by molar-refractivity contribution is 5.86. The summed E-state index contributed by atoms with van der Waals surface area (Å²) in [7, 11) is 0. The van der Waals surface area contributed by atoms with Gasteiger partial charge in [-0.15, -0.1) is 0 Å². The molecule has 0 unspecified atom stereocenters. The Morgan fingerprint density at radius 3 is 2.56 bits per heavy atom. The third kappa shape index (κ3) is 4.52. The van der Waals surface area contributed by atoms with Gasteiger partial charge in [-0.2, -0.15) is 0 Å². The summed E-state index contributed by atoms with van der Waals surface area (Å²) in [6.07, 6.45) is 4.91. The molecule has 0 bridgehead atoms. The fourth-order valence-electron chi connectivity index (χ4n) is 3.22. The minimum atomic E-state index is -0.887. The zero-order valence-electron chi connectivity index (χ0n) is 15.2. The van der Waals surface area contributed by atoms with Gasteiger partial charge in [-0.3, -0.25) is 0 Å². The molecule has 0 aromatic heterocycles. The van der Waals surface area contributed by atoms with Crippen molar-refractivity contribution in [2.45, 2.75) is 19.8 Å². The molecule has 0 saturated carbocycles. The first kappa shape index (κ1) is 19.0. The normalized spacial score (nSPS) is 15.6. The summed E-state index contributed by atoms with van der Waals surface area (Å²) in [4.78, 5) is 0. The Kier molecular flexibility index (Phi) is 5.86. The molecule has 1 heterocycles. The molecule has 1 fully saturated rings. The molecule has 6 heteroatoms. The van der Waals surface area contributed by atoms with Crippen molar-refractivity contribution in [3.05, 3.63) is 64.4 Å². The number of nitrogens with two attached hydrogens (primary N) is 1. The summed E-state index contributed by atoms with van der Waals surface area (Å²) in [5.74, 6) is -1.54. The van der Waals surface area contributed by atoms with Crippen LogP contribution in [0.5, 0.6) is 0 Å². The summed E-state index contributed by atoms with van der Waals surface area (Å²) >= 11 is 0. The molecule has 2 aromatic rings. The van der Waals surface area contributed by atoms with Crippen molar-refractivity contribution in [2.75, 3.05) is 24.3 Å². The SMILES string of the molecule is Cc1cc(C=N)c(N)cc1/C=C(\Nc1ccc(F)c(F)c1)C1CCOCC1. The van der Waals surface area contributed by atoms with Gasteiger partial charge in [0.2, 0.25) is 0 Å². The number of hydrogen-bond acceptors (Lipinski definition) is 4. The molecule has 0 spiro atoms. The highest BCUT2D eigenvalue weighted by Crippen LogP contribution is 2.29. The number of ether oxygens (including phenoxy) is 1. The van der Waals surface area contributed by atoms with Gasteiger partial charge >= 0.3 is 0 Å². The molecule has 0 atom stereocenters. The zero-order valence-corrected chi connectivity index (χ0v) is 15.2. The first-order chi connectivity index (χ1) is 13.0. The smallest absolute Gasteiger partial charge is 0.160 e. The van der Waals surface area contributed by atoms with Crippen molar-refractivity contribution in [3.8, 4) is 0 Å². The molecular weight excluding hydrogens is 348 g/mol. The molecule has 0 radical (unpaired) electrons. The summed E-state index contributed by atoms with van der Waals surface area (Å²) in [5.41, 5.74) is 10.5. The van der Waals surface area contributed by atoms with E-state index < -0.39 is 11.6 Å². The molecule has 1 aliphatic rings. The second-order valence-corrected chi connectivity index (χ2v) is 6.72. The Balaban J connectivity index is 1.98. The van der Waals surface area contributed by atoms with E-state index in [9.17, 15) is 8.78 Å². The fourth-order valence-corrected chi connectivity index (χ4v) is 3.22. The summed E-state index contributed by atoms with van der Waals surface area (Å²) in [6.45, 7) is 3.28. The lowest BCUT2D eigenvalue weighted by molar-refractivity contribution is 0.0763. The van der Waals surface area contributed by atoms with Gasteiger partial charge in [-0.05, 0) is 61.2 Å². The fraction of sp³-hybridized carbons (Fsp3) is 0.286. The van der Waals surface area contributed by atoms with Gasteiger partial charge < -0.3 is 21.2 Å². The summed E-state index contributed by atoms with van der Waals surface area (Å²) in [5, 5.41) is 10.7. The molecule has 1 saturated heterocycles. The largest absolute Gasteiger partial charge is 0.398 e. The second-order valence-electron chi connectivity index (χ2n) is 6.72. The molecule has 1 aliphatic heterocycles. The maximum atomic E-state index is 13.6. The standard InChI is InChI=1S/C21H23F2N3O/c1-13-8-16(12-24)20(25)9-15(13)10-21(14-4-6-27-7-5-14)26-17-2-3-18(22)19(23)11-17/h2-3,8-12,14,24,26H,4-7,25H2,1H3/b21-10-,24-12?. The van der Waals surface area contributed by atoms with Gasteiger partial charge in [0.15, 0.2) is 11.6 Å². The predicted octanol–water partition coefficient (Wildman–Crippen LogP) is 4.73. The van der Waals surface area contributed by atoms with Crippen LogP contribution < -0.4 is 11.1 Å². The first-order valence-electron chi connectivity index (χ1n) is 8.90. The Bertz CT molecular complexity index is 874. The van der Waals surface area contributed by atoms with Gasteiger partial charge in [0, 0.05) is 54.0 Å². The van der Waals surface area contributed by atoms with Crippen LogP contribution in [0.2, 0.25) is 0 Å². The number of halogens is 2. The van der Waals surface area contributed by atoms with Crippen molar-refractivity contribution in [3.63, 3.8) is 0 Å². The molecular formula is C21H23F2N3O. The lowest BCUT2D eigenvalue weighted by Gasteiger charge is -2.26. The maximum Gasteiger partial charge on any atom is 0.160 e. The second kappa shape index (κ2) is 8.31. The van der Waals surface area contributed by atoms with Crippen LogP contribution in [-0.4, -0.2) is 19.4 Å². The van der Waals surface area contributed by atoms with Gasteiger partial charge in [-0.1, -0.05) is 0 Å². The van der Waals surface area contributed by atoms with Crippen LogP contribution in [0, 0.1) is 29.9 Å². The van der Waals surface area contributed by atoms with Crippen molar-refractivity contribution < 1.29 is 13.5 Å². The van der Waals surface area contributed by atoms with Crippen molar-refractivity contribution in [1.82, 2.24) is 0 Å². The van der Waals surface area contributed by atoms with Crippen LogP contribution in [0.3, 0.4) is 0 Å². The number of rotatable bonds is 5. The quantitative estimate of drug-likeness (QED) is 0.525. The van der Waals surface area contributed by atoms with E-state index in [0.717, 1.165) is 41.8 Å². The van der Waals surface area contributed by atoms with E-state index in [-0.39, 0.29) is 5.92 Å². The molecule has 27 heavy (non-hydrogen) atoms. The summed E-state index contributed by atoms with van der Waals surface area (Å²) < 4.78 is 32.3. The number of aryl methyl sites for hydroxylation is 1.